The van der Waals surface area contributed by atoms with E-state index in [0.717, 1.165) is 25.8 Å². The molecule has 86 valence electrons. The lowest BCUT2D eigenvalue weighted by Gasteiger charge is -2.34. The molecule has 3 heterocycles. The van der Waals surface area contributed by atoms with Crippen LogP contribution in [0.15, 0.2) is 0 Å². The predicted octanol–water partition coefficient (Wildman–Crippen LogP) is 0.305. The normalized spacial score (nSPS) is 44.7. The molecule has 2 unspecified atom stereocenters. The Hall–Kier alpha value is -0.130. The smallest absolute Gasteiger partial charge is 0.214 e. The second-order valence-corrected chi connectivity index (χ2v) is 7.08. The number of hydrogen-bond acceptors (Lipinski definition) is 3. The van der Waals surface area contributed by atoms with E-state index in [1.54, 1.807) is 4.31 Å². The molecule has 3 rings (SSSR count). The highest BCUT2D eigenvalue weighted by atomic mass is 32.2. The Morgan fingerprint density at radius 3 is 2.33 bits per heavy atom. The van der Waals surface area contributed by atoms with E-state index in [1.807, 2.05) is 0 Å². The third kappa shape index (κ3) is 1.70. The Balaban J connectivity index is 1.78. The second kappa shape index (κ2) is 3.43. The van der Waals surface area contributed by atoms with E-state index in [-0.39, 0.29) is 6.04 Å². The number of rotatable bonds is 1. The first-order valence-corrected chi connectivity index (χ1v) is 7.52. The Morgan fingerprint density at radius 1 is 1.13 bits per heavy atom. The molecule has 0 aromatic carbocycles. The van der Waals surface area contributed by atoms with E-state index in [4.69, 9.17) is 0 Å². The topological polar surface area (TPSA) is 49.4 Å². The molecule has 0 radical (unpaired) electrons. The minimum atomic E-state index is -2.90. The van der Waals surface area contributed by atoms with Gasteiger partial charge in [-0.3, -0.25) is 0 Å². The van der Waals surface area contributed by atoms with Crippen molar-refractivity contribution in [2.24, 2.45) is 0 Å². The van der Waals surface area contributed by atoms with Gasteiger partial charge in [-0.1, -0.05) is 0 Å². The van der Waals surface area contributed by atoms with Crippen molar-refractivity contribution in [3.05, 3.63) is 0 Å². The highest BCUT2D eigenvalue weighted by Crippen LogP contribution is 2.32. The van der Waals surface area contributed by atoms with E-state index in [1.165, 1.54) is 12.8 Å². The van der Waals surface area contributed by atoms with Crippen molar-refractivity contribution in [1.29, 1.82) is 0 Å². The molecule has 0 amide bonds. The first-order chi connectivity index (χ1) is 7.15. The summed E-state index contributed by atoms with van der Waals surface area (Å²) >= 11 is 0. The number of hydrogen-bond donors (Lipinski definition) is 1. The maximum absolute atomic E-state index is 11.8. The predicted molar refractivity (Wildman–Crippen MR) is 58.1 cm³/mol. The standard InChI is InChI=1S/C10H18N2O2S/c13-15(14)5-1-4-12(15)10-6-8-2-3-9(7-10)11-8/h8-11H,1-7H2. The first kappa shape index (κ1) is 10.1. The van der Waals surface area contributed by atoms with Gasteiger partial charge < -0.3 is 5.32 Å². The minimum absolute atomic E-state index is 0.288. The van der Waals surface area contributed by atoms with Crippen LogP contribution < -0.4 is 5.32 Å². The first-order valence-electron chi connectivity index (χ1n) is 5.91. The minimum Gasteiger partial charge on any atom is -0.311 e. The molecule has 2 bridgehead atoms. The molecular weight excluding hydrogens is 212 g/mol. The molecule has 0 saturated carbocycles. The van der Waals surface area contributed by atoms with Crippen molar-refractivity contribution in [3.63, 3.8) is 0 Å². The summed E-state index contributed by atoms with van der Waals surface area (Å²) in [5.41, 5.74) is 0. The van der Waals surface area contributed by atoms with Crippen molar-refractivity contribution in [3.8, 4) is 0 Å². The average molecular weight is 230 g/mol. The van der Waals surface area contributed by atoms with E-state index in [2.05, 4.69) is 5.32 Å². The van der Waals surface area contributed by atoms with Gasteiger partial charge in [0.05, 0.1) is 5.75 Å². The monoisotopic (exact) mass is 230 g/mol. The molecule has 3 saturated heterocycles. The van der Waals surface area contributed by atoms with E-state index in [0.29, 0.717) is 17.8 Å². The van der Waals surface area contributed by atoms with Gasteiger partial charge in [0.25, 0.3) is 0 Å². The molecule has 15 heavy (non-hydrogen) atoms. The zero-order chi connectivity index (χ0) is 10.5. The fourth-order valence-corrected chi connectivity index (χ4v) is 5.09. The van der Waals surface area contributed by atoms with Crippen LogP contribution in [0, 0.1) is 0 Å². The lowest BCUT2D eigenvalue weighted by atomic mass is 10.00. The Kier molecular flexibility index (Phi) is 2.30. The van der Waals surface area contributed by atoms with Crippen molar-refractivity contribution in [1.82, 2.24) is 9.62 Å². The third-order valence-electron chi connectivity index (χ3n) is 3.99. The molecule has 3 aliphatic rings. The van der Waals surface area contributed by atoms with Crippen LogP contribution in [0.1, 0.15) is 32.1 Å². The quantitative estimate of drug-likeness (QED) is 0.705. The van der Waals surface area contributed by atoms with Gasteiger partial charge in [-0.2, -0.15) is 4.31 Å². The molecule has 3 aliphatic heterocycles. The molecule has 0 aromatic rings. The maximum Gasteiger partial charge on any atom is 0.214 e. The molecule has 3 fully saturated rings. The third-order valence-corrected chi connectivity index (χ3v) is 5.99. The summed E-state index contributed by atoms with van der Waals surface area (Å²) in [5.74, 6) is 0.367. The Bertz CT molecular complexity index is 342. The second-order valence-electron chi connectivity index (χ2n) is 5.04. The largest absolute Gasteiger partial charge is 0.311 e. The fraction of sp³-hybridized carbons (Fsp3) is 1.00. The number of sulfonamides is 1. The molecule has 0 spiro atoms. The van der Waals surface area contributed by atoms with Gasteiger partial charge >= 0.3 is 0 Å². The Morgan fingerprint density at radius 2 is 1.80 bits per heavy atom. The van der Waals surface area contributed by atoms with Crippen LogP contribution >= 0.6 is 0 Å². The summed E-state index contributed by atoms with van der Waals surface area (Å²) in [6.07, 6.45) is 5.33. The lowest BCUT2D eigenvalue weighted by molar-refractivity contribution is 0.237. The highest BCUT2D eigenvalue weighted by Gasteiger charge is 2.41. The highest BCUT2D eigenvalue weighted by molar-refractivity contribution is 7.89. The van der Waals surface area contributed by atoms with Gasteiger partial charge in [-0.25, -0.2) is 8.42 Å². The van der Waals surface area contributed by atoms with Crippen molar-refractivity contribution in [2.75, 3.05) is 12.3 Å². The van der Waals surface area contributed by atoms with Gasteiger partial charge in [0.2, 0.25) is 10.0 Å². The Labute approximate surface area is 91.1 Å². The molecule has 1 N–H and O–H groups in total. The van der Waals surface area contributed by atoms with Crippen LogP contribution in [0.3, 0.4) is 0 Å². The van der Waals surface area contributed by atoms with Gasteiger partial charge in [0.15, 0.2) is 0 Å². The van der Waals surface area contributed by atoms with Crippen molar-refractivity contribution >= 4 is 10.0 Å². The van der Waals surface area contributed by atoms with Crippen LogP contribution in [0.5, 0.6) is 0 Å². The zero-order valence-electron chi connectivity index (χ0n) is 8.85. The summed E-state index contributed by atoms with van der Waals surface area (Å²) in [7, 11) is -2.90. The van der Waals surface area contributed by atoms with Crippen LogP contribution in [0.4, 0.5) is 0 Å². The van der Waals surface area contributed by atoms with Crippen molar-refractivity contribution < 1.29 is 8.42 Å². The molecule has 0 aliphatic carbocycles. The molecular formula is C10H18N2O2S. The maximum atomic E-state index is 11.8. The SMILES string of the molecule is O=S1(=O)CCCN1C1CC2CCC(C1)N2. The molecule has 2 atom stereocenters. The summed E-state index contributed by atoms with van der Waals surface area (Å²) in [6.45, 7) is 0.756. The van der Waals surface area contributed by atoms with Gasteiger partial charge in [0.1, 0.15) is 0 Å². The summed E-state index contributed by atoms with van der Waals surface area (Å²) in [5, 5.41) is 3.55. The molecule has 4 nitrogen and oxygen atoms in total. The number of piperidine rings is 1. The lowest BCUT2D eigenvalue weighted by Crippen LogP contribution is -2.48. The van der Waals surface area contributed by atoms with Crippen LogP contribution in [0.2, 0.25) is 0 Å². The van der Waals surface area contributed by atoms with Crippen LogP contribution in [0.25, 0.3) is 0 Å². The molecule has 5 heteroatoms. The molecule has 0 aromatic heterocycles. The van der Waals surface area contributed by atoms with Crippen LogP contribution in [-0.4, -0.2) is 43.1 Å². The van der Waals surface area contributed by atoms with E-state index in [9.17, 15) is 8.42 Å². The van der Waals surface area contributed by atoms with E-state index < -0.39 is 10.0 Å². The van der Waals surface area contributed by atoms with Crippen molar-refractivity contribution in [2.45, 2.75) is 50.2 Å². The summed E-state index contributed by atoms with van der Waals surface area (Å²) in [4.78, 5) is 0. The fourth-order valence-electron chi connectivity index (χ4n) is 3.33. The number of nitrogens with one attached hydrogen (secondary N) is 1. The van der Waals surface area contributed by atoms with Gasteiger partial charge in [-0.15, -0.1) is 0 Å². The van der Waals surface area contributed by atoms with E-state index >= 15 is 0 Å². The number of nitrogens with zero attached hydrogens (tertiary/aromatic N) is 1. The zero-order valence-corrected chi connectivity index (χ0v) is 9.67. The van der Waals surface area contributed by atoms with Crippen LogP contribution in [-0.2, 0) is 10.0 Å². The summed E-state index contributed by atoms with van der Waals surface area (Å²) < 4.78 is 25.4. The van der Waals surface area contributed by atoms with Gasteiger partial charge in [0, 0.05) is 24.7 Å². The van der Waals surface area contributed by atoms with Gasteiger partial charge in [-0.05, 0) is 32.1 Å². The number of fused-ring (bicyclic) bond motifs is 2. The average Bonchev–Trinajstić information content (AvgIpc) is 2.69. The summed E-state index contributed by atoms with van der Waals surface area (Å²) in [6, 6.07) is 1.44.